The van der Waals surface area contributed by atoms with Crippen LogP contribution in [0.5, 0.6) is 6.01 Å². The highest BCUT2D eigenvalue weighted by Gasteiger charge is 2.19. The Morgan fingerprint density at radius 3 is 2.90 bits per heavy atom. The lowest BCUT2D eigenvalue weighted by molar-refractivity contribution is 0.135. The Balaban J connectivity index is 1.61. The zero-order valence-corrected chi connectivity index (χ0v) is 18.3. The van der Waals surface area contributed by atoms with Crippen LogP contribution in [0.4, 0.5) is 5.82 Å². The highest BCUT2D eigenvalue weighted by atomic mass is 16.5. The number of hydrogen-bond acceptors (Lipinski definition) is 7. The molecule has 0 aliphatic carbocycles. The highest BCUT2D eigenvalue weighted by Crippen LogP contribution is 2.23. The molecule has 0 radical (unpaired) electrons. The van der Waals surface area contributed by atoms with Crippen LogP contribution in [0.3, 0.4) is 0 Å². The SMILES string of the molecule is CCCCOc1nc(NC)c2[nH]c(=O)n(CCCCC3CCCN(CCO)C3)c2n1. The number of anilines is 1. The molecule has 0 spiro atoms. The zero-order valence-electron chi connectivity index (χ0n) is 18.3. The molecule has 1 unspecified atom stereocenters. The quantitative estimate of drug-likeness (QED) is 0.452. The molecule has 3 rings (SSSR count). The van der Waals surface area contributed by atoms with E-state index < -0.39 is 0 Å². The fraction of sp³-hybridized carbons (Fsp3) is 0.762. The number of rotatable bonds is 12. The lowest BCUT2D eigenvalue weighted by Crippen LogP contribution is -2.37. The standard InChI is InChI=1S/C21H36N6O3/c1-3-4-14-30-20-24-18(22-2)17-19(25-20)27(21(29)23-17)11-6-5-8-16-9-7-10-26(15-16)12-13-28/h16,28H,3-15H2,1-2H3,(H,23,29)(H,22,24,25). The number of imidazole rings is 1. The molecule has 1 aliphatic heterocycles. The number of piperidine rings is 1. The van der Waals surface area contributed by atoms with E-state index in [1.165, 1.54) is 12.8 Å². The van der Waals surface area contributed by atoms with Gasteiger partial charge in [0.1, 0.15) is 5.52 Å². The summed E-state index contributed by atoms with van der Waals surface area (Å²) in [6.45, 7) is 6.47. The minimum absolute atomic E-state index is 0.159. The van der Waals surface area contributed by atoms with E-state index in [0.717, 1.165) is 51.7 Å². The van der Waals surface area contributed by atoms with Crippen molar-refractivity contribution in [2.45, 2.75) is 58.4 Å². The molecule has 0 bridgehead atoms. The topological polar surface area (TPSA) is 108 Å². The van der Waals surface area contributed by atoms with Crippen LogP contribution in [-0.4, -0.2) is 69.4 Å². The van der Waals surface area contributed by atoms with Gasteiger partial charge in [-0.3, -0.25) is 4.57 Å². The van der Waals surface area contributed by atoms with E-state index in [9.17, 15) is 4.79 Å². The number of hydrogen-bond donors (Lipinski definition) is 3. The smallest absolute Gasteiger partial charge is 0.327 e. The monoisotopic (exact) mass is 420 g/mol. The van der Waals surface area contributed by atoms with Crippen LogP contribution >= 0.6 is 0 Å². The van der Waals surface area contributed by atoms with E-state index in [1.54, 1.807) is 11.6 Å². The van der Waals surface area contributed by atoms with Gasteiger partial charge in [0.2, 0.25) is 0 Å². The molecule has 1 aliphatic rings. The van der Waals surface area contributed by atoms with Gasteiger partial charge in [-0.1, -0.05) is 19.8 Å². The van der Waals surface area contributed by atoms with Gasteiger partial charge in [-0.15, -0.1) is 0 Å². The van der Waals surface area contributed by atoms with Crippen LogP contribution in [0.2, 0.25) is 0 Å². The zero-order chi connectivity index (χ0) is 21.3. The van der Waals surface area contributed by atoms with Crippen molar-refractivity contribution in [1.29, 1.82) is 0 Å². The van der Waals surface area contributed by atoms with Gasteiger partial charge in [0, 0.05) is 26.7 Å². The van der Waals surface area contributed by atoms with E-state index in [1.807, 2.05) is 0 Å². The summed E-state index contributed by atoms with van der Waals surface area (Å²) in [7, 11) is 1.78. The van der Waals surface area contributed by atoms with E-state index in [0.29, 0.717) is 42.1 Å². The van der Waals surface area contributed by atoms with Crippen LogP contribution in [0, 0.1) is 5.92 Å². The number of β-amino-alcohol motifs (C(OH)–C–C–N with tert-alkyl or cyclic N) is 1. The number of ether oxygens (including phenoxy) is 1. The lowest BCUT2D eigenvalue weighted by Gasteiger charge is -2.32. The Kier molecular flexibility index (Phi) is 8.50. The summed E-state index contributed by atoms with van der Waals surface area (Å²) < 4.78 is 7.38. The third-order valence-electron chi connectivity index (χ3n) is 5.83. The molecular formula is C21H36N6O3. The Labute approximate surface area is 177 Å². The van der Waals surface area contributed by atoms with E-state index in [2.05, 4.69) is 32.1 Å². The van der Waals surface area contributed by atoms with E-state index in [-0.39, 0.29) is 12.3 Å². The molecule has 0 amide bonds. The summed E-state index contributed by atoms with van der Waals surface area (Å²) in [5, 5.41) is 12.2. The molecule has 9 nitrogen and oxygen atoms in total. The molecule has 30 heavy (non-hydrogen) atoms. The first-order chi connectivity index (χ1) is 14.7. The minimum atomic E-state index is -0.159. The number of aromatic amines is 1. The maximum absolute atomic E-state index is 12.5. The average Bonchev–Trinajstić information content (AvgIpc) is 3.06. The number of aryl methyl sites for hydroxylation is 1. The number of likely N-dealkylation sites (tertiary alicyclic amines) is 1. The van der Waals surface area contributed by atoms with Crippen molar-refractivity contribution in [3.8, 4) is 6.01 Å². The fourth-order valence-corrected chi connectivity index (χ4v) is 4.21. The van der Waals surface area contributed by atoms with Crippen molar-refractivity contribution in [3.05, 3.63) is 10.5 Å². The van der Waals surface area contributed by atoms with Crippen molar-refractivity contribution in [1.82, 2.24) is 24.4 Å². The second-order valence-electron chi connectivity index (χ2n) is 8.12. The summed E-state index contributed by atoms with van der Waals surface area (Å²) >= 11 is 0. The minimum Gasteiger partial charge on any atom is -0.463 e. The van der Waals surface area contributed by atoms with E-state index >= 15 is 0 Å². The molecule has 0 aromatic carbocycles. The van der Waals surface area contributed by atoms with Crippen LogP contribution in [0.25, 0.3) is 11.2 Å². The number of aliphatic hydroxyl groups is 1. The summed E-state index contributed by atoms with van der Waals surface area (Å²) in [6, 6.07) is 0.305. The largest absolute Gasteiger partial charge is 0.463 e. The summed E-state index contributed by atoms with van der Waals surface area (Å²) in [5.41, 5.74) is 1.06. The van der Waals surface area contributed by atoms with Crippen molar-refractivity contribution in [3.63, 3.8) is 0 Å². The van der Waals surface area contributed by atoms with Crippen molar-refractivity contribution >= 4 is 17.0 Å². The van der Waals surface area contributed by atoms with Gasteiger partial charge in [0.15, 0.2) is 11.5 Å². The number of H-pyrrole nitrogens is 1. The first-order valence-corrected chi connectivity index (χ1v) is 11.3. The molecule has 9 heteroatoms. The predicted molar refractivity (Wildman–Crippen MR) is 118 cm³/mol. The predicted octanol–water partition coefficient (Wildman–Crippen LogP) is 2.21. The molecular weight excluding hydrogens is 384 g/mol. The summed E-state index contributed by atoms with van der Waals surface area (Å²) in [5.74, 6) is 1.26. The molecule has 1 fully saturated rings. The van der Waals surface area contributed by atoms with Gasteiger partial charge >= 0.3 is 11.7 Å². The Morgan fingerprint density at radius 2 is 2.13 bits per heavy atom. The maximum Gasteiger partial charge on any atom is 0.327 e. The fourth-order valence-electron chi connectivity index (χ4n) is 4.21. The molecule has 2 aromatic rings. The van der Waals surface area contributed by atoms with Crippen LogP contribution < -0.4 is 15.7 Å². The number of unbranched alkanes of at least 4 members (excludes halogenated alkanes) is 2. The highest BCUT2D eigenvalue weighted by molar-refractivity contribution is 5.83. The Hall–Kier alpha value is -2.13. The second kappa shape index (κ2) is 11.3. The molecule has 2 aromatic heterocycles. The van der Waals surface area contributed by atoms with Crippen molar-refractivity contribution in [2.75, 3.05) is 45.2 Å². The molecule has 1 saturated heterocycles. The summed E-state index contributed by atoms with van der Waals surface area (Å²) in [4.78, 5) is 26.6. The van der Waals surface area contributed by atoms with Gasteiger partial charge in [0.25, 0.3) is 0 Å². The normalized spacial score (nSPS) is 17.5. The summed E-state index contributed by atoms with van der Waals surface area (Å²) in [6.07, 6.45) is 7.58. The van der Waals surface area contributed by atoms with Gasteiger partial charge in [-0.2, -0.15) is 9.97 Å². The molecule has 3 heterocycles. The van der Waals surface area contributed by atoms with Gasteiger partial charge < -0.3 is 25.0 Å². The average molecular weight is 421 g/mol. The number of nitrogens with one attached hydrogen (secondary N) is 2. The first kappa shape index (κ1) is 22.6. The number of fused-ring (bicyclic) bond motifs is 1. The Bertz CT molecular complexity index is 847. The maximum atomic E-state index is 12.5. The molecule has 1 atom stereocenters. The van der Waals surface area contributed by atoms with Gasteiger partial charge in [0.05, 0.1) is 13.2 Å². The van der Waals surface area contributed by atoms with Crippen molar-refractivity contribution < 1.29 is 9.84 Å². The second-order valence-corrected chi connectivity index (χ2v) is 8.12. The lowest BCUT2D eigenvalue weighted by atomic mass is 9.93. The van der Waals surface area contributed by atoms with Gasteiger partial charge in [-0.25, -0.2) is 4.79 Å². The van der Waals surface area contributed by atoms with Crippen LogP contribution in [0.1, 0.15) is 51.9 Å². The van der Waals surface area contributed by atoms with Gasteiger partial charge in [-0.05, 0) is 44.6 Å². The Morgan fingerprint density at radius 1 is 1.27 bits per heavy atom. The molecule has 0 saturated carbocycles. The number of aromatic nitrogens is 4. The first-order valence-electron chi connectivity index (χ1n) is 11.3. The third kappa shape index (κ3) is 5.72. The van der Waals surface area contributed by atoms with Crippen LogP contribution in [0.15, 0.2) is 4.79 Å². The van der Waals surface area contributed by atoms with E-state index in [4.69, 9.17) is 9.84 Å². The van der Waals surface area contributed by atoms with Crippen molar-refractivity contribution in [2.24, 2.45) is 5.92 Å². The molecule has 3 N–H and O–H groups in total. The van der Waals surface area contributed by atoms with Crippen LogP contribution in [-0.2, 0) is 6.54 Å². The molecule has 168 valence electrons. The number of nitrogens with zero attached hydrogens (tertiary/aromatic N) is 4. The number of aliphatic hydroxyl groups excluding tert-OH is 1. The third-order valence-corrected chi connectivity index (χ3v) is 5.83.